The van der Waals surface area contributed by atoms with Crippen LogP contribution in [0, 0.1) is 0 Å². The first-order chi connectivity index (χ1) is 9.42. The smallest absolute Gasteiger partial charge is 0.0234 e. The minimum absolute atomic E-state index is 0.174. The topological polar surface area (TPSA) is 18.5 Å². The molecule has 0 atom stereocenters. The summed E-state index contributed by atoms with van der Waals surface area (Å²) in [6.45, 7) is 13.4. The first-order valence-corrected chi connectivity index (χ1v) is 7.66. The average molecular weight is 275 g/mol. The molecule has 1 aliphatic heterocycles. The Bertz CT molecular complexity index is 414. The Balaban J connectivity index is 1.89. The number of piperazine rings is 1. The first kappa shape index (κ1) is 15.5. The van der Waals surface area contributed by atoms with Crippen LogP contribution in [-0.2, 0) is 13.1 Å². The Labute approximate surface area is 124 Å². The fourth-order valence-corrected chi connectivity index (χ4v) is 2.47. The van der Waals surface area contributed by atoms with E-state index in [0.29, 0.717) is 0 Å². The molecule has 0 radical (unpaired) electrons. The van der Waals surface area contributed by atoms with E-state index in [1.165, 1.54) is 37.3 Å². The van der Waals surface area contributed by atoms with Crippen LogP contribution in [0.4, 0.5) is 0 Å². The third-order valence-electron chi connectivity index (χ3n) is 3.82. The van der Waals surface area contributed by atoms with Crippen LogP contribution in [0.1, 0.15) is 31.9 Å². The number of nitrogens with one attached hydrogen (secondary N) is 1. The van der Waals surface area contributed by atoms with Crippen molar-refractivity contribution in [3.05, 3.63) is 35.4 Å². The van der Waals surface area contributed by atoms with E-state index in [9.17, 15) is 0 Å². The standard InChI is InChI=1S/C17H29N3/c1-17(2,3)18-13-15-6-5-7-16(12-15)14-20-10-8-19(4)9-11-20/h5-7,12,18H,8-11,13-14H2,1-4H3. The Morgan fingerprint density at radius 2 is 1.70 bits per heavy atom. The van der Waals surface area contributed by atoms with Crippen molar-refractivity contribution >= 4 is 0 Å². The molecule has 1 aliphatic rings. The molecule has 1 fully saturated rings. The highest BCUT2D eigenvalue weighted by Crippen LogP contribution is 2.11. The number of nitrogens with zero attached hydrogens (tertiary/aromatic N) is 2. The Kier molecular flexibility index (Phi) is 5.19. The third kappa shape index (κ3) is 5.23. The molecule has 1 aromatic carbocycles. The summed E-state index contributed by atoms with van der Waals surface area (Å²) < 4.78 is 0. The van der Waals surface area contributed by atoms with Gasteiger partial charge in [0.15, 0.2) is 0 Å². The molecule has 0 spiro atoms. The Hall–Kier alpha value is -0.900. The quantitative estimate of drug-likeness (QED) is 0.910. The lowest BCUT2D eigenvalue weighted by molar-refractivity contribution is 0.148. The van der Waals surface area contributed by atoms with E-state index < -0.39 is 0 Å². The molecule has 0 aromatic heterocycles. The molecule has 1 N–H and O–H groups in total. The molecular formula is C17H29N3. The molecule has 1 heterocycles. The van der Waals surface area contributed by atoms with E-state index in [2.05, 4.69) is 67.2 Å². The van der Waals surface area contributed by atoms with Crippen LogP contribution in [-0.4, -0.2) is 48.6 Å². The van der Waals surface area contributed by atoms with Gasteiger partial charge in [-0.3, -0.25) is 4.90 Å². The van der Waals surface area contributed by atoms with Gasteiger partial charge in [0.1, 0.15) is 0 Å². The Morgan fingerprint density at radius 1 is 1.05 bits per heavy atom. The van der Waals surface area contributed by atoms with Crippen molar-refractivity contribution in [2.24, 2.45) is 0 Å². The second kappa shape index (κ2) is 6.70. The molecule has 0 bridgehead atoms. The minimum Gasteiger partial charge on any atom is -0.308 e. The van der Waals surface area contributed by atoms with Crippen molar-refractivity contribution in [3.63, 3.8) is 0 Å². The lowest BCUT2D eigenvalue weighted by Crippen LogP contribution is -2.43. The molecule has 0 saturated carbocycles. The van der Waals surface area contributed by atoms with Gasteiger partial charge >= 0.3 is 0 Å². The van der Waals surface area contributed by atoms with Gasteiger partial charge in [-0.25, -0.2) is 0 Å². The zero-order chi connectivity index (χ0) is 14.6. The molecule has 1 aromatic rings. The lowest BCUT2D eigenvalue weighted by Gasteiger charge is -2.32. The van der Waals surface area contributed by atoms with E-state index in [-0.39, 0.29) is 5.54 Å². The van der Waals surface area contributed by atoms with Crippen LogP contribution < -0.4 is 5.32 Å². The van der Waals surface area contributed by atoms with E-state index in [4.69, 9.17) is 0 Å². The predicted octanol–water partition coefficient (Wildman–Crippen LogP) is 2.32. The SMILES string of the molecule is CN1CCN(Cc2cccc(CNC(C)(C)C)c2)CC1. The van der Waals surface area contributed by atoms with Crippen LogP contribution >= 0.6 is 0 Å². The van der Waals surface area contributed by atoms with Crippen LogP contribution in [0.2, 0.25) is 0 Å². The molecule has 3 heteroatoms. The second-order valence-corrected chi connectivity index (χ2v) is 7.00. The van der Waals surface area contributed by atoms with E-state index in [1.54, 1.807) is 0 Å². The summed E-state index contributed by atoms with van der Waals surface area (Å²) in [7, 11) is 2.20. The predicted molar refractivity (Wildman–Crippen MR) is 85.8 cm³/mol. The average Bonchev–Trinajstić information content (AvgIpc) is 2.39. The number of hydrogen-bond donors (Lipinski definition) is 1. The summed E-state index contributed by atoms with van der Waals surface area (Å²) in [5.74, 6) is 0. The van der Waals surface area contributed by atoms with Gasteiger partial charge in [-0.1, -0.05) is 24.3 Å². The van der Waals surface area contributed by atoms with Crippen LogP contribution in [0.5, 0.6) is 0 Å². The van der Waals surface area contributed by atoms with Gasteiger partial charge in [-0.15, -0.1) is 0 Å². The maximum atomic E-state index is 3.55. The lowest BCUT2D eigenvalue weighted by atomic mass is 10.1. The fraction of sp³-hybridized carbons (Fsp3) is 0.647. The molecule has 0 amide bonds. The second-order valence-electron chi connectivity index (χ2n) is 7.00. The van der Waals surface area contributed by atoms with Crippen LogP contribution in [0.25, 0.3) is 0 Å². The molecule has 0 unspecified atom stereocenters. The van der Waals surface area contributed by atoms with Gasteiger partial charge in [-0.2, -0.15) is 0 Å². The van der Waals surface area contributed by atoms with E-state index >= 15 is 0 Å². The van der Waals surface area contributed by atoms with Crippen LogP contribution in [0.3, 0.4) is 0 Å². The van der Waals surface area contributed by atoms with E-state index in [0.717, 1.165) is 13.1 Å². The van der Waals surface area contributed by atoms with Gasteiger partial charge in [0.25, 0.3) is 0 Å². The number of hydrogen-bond acceptors (Lipinski definition) is 3. The van der Waals surface area contributed by atoms with Crippen molar-refractivity contribution in [1.29, 1.82) is 0 Å². The van der Waals surface area contributed by atoms with Gasteiger partial charge in [0.2, 0.25) is 0 Å². The highest BCUT2D eigenvalue weighted by atomic mass is 15.2. The van der Waals surface area contributed by atoms with E-state index in [1.807, 2.05) is 0 Å². The summed E-state index contributed by atoms with van der Waals surface area (Å²) in [6.07, 6.45) is 0. The van der Waals surface area contributed by atoms with Gasteiger partial charge in [0, 0.05) is 44.8 Å². The maximum absolute atomic E-state index is 3.55. The highest BCUT2D eigenvalue weighted by molar-refractivity contribution is 5.23. The molecule has 2 rings (SSSR count). The van der Waals surface area contributed by atoms with Crippen molar-refractivity contribution in [2.45, 2.75) is 39.4 Å². The van der Waals surface area contributed by atoms with Crippen molar-refractivity contribution in [3.8, 4) is 0 Å². The first-order valence-electron chi connectivity index (χ1n) is 7.66. The minimum atomic E-state index is 0.174. The van der Waals surface area contributed by atoms with Crippen LogP contribution in [0.15, 0.2) is 24.3 Å². The fourth-order valence-electron chi connectivity index (χ4n) is 2.47. The Morgan fingerprint density at radius 3 is 2.35 bits per heavy atom. The number of rotatable bonds is 4. The van der Waals surface area contributed by atoms with Gasteiger partial charge < -0.3 is 10.2 Å². The molecule has 3 nitrogen and oxygen atoms in total. The van der Waals surface area contributed by atoms with Gasteiger partial charge in [0.05, 0.1) is 0 Å². The normalized spacial score (nSPS) is 18.4. The van der Waals surface area contributed by atoms with Crippen molar-refractivity contribution in [1.82, 2.24) is 15.1 Å². The summed E-state index contributed by atoms with van der Waals surface area (Å²) >= 11 is 0. The molecular weight excluding hydrogens is 246 g/mol. The maximum Gasteiger partial charge on any atom is 0.0234 e. The number of likely N-dealkylation sites (N-methyl/N-ethyl adjacent to an activating group) is 1. The zero-order valence-electron chi connectivity index (χ0n) is 13.4. The number of benzene rings is 1. The molecule has 112 valence electrons. The van der Waals surface area contributed by atoms with Gasteiger partial charge in [-0.05, 0) is 38.9 Å². The molecule has 0 aliphatic carbocycles. The molecule has 1 saturated heterocycles. The summed E-state index contributed by atoms with van der Waals surface area (Å²) in [5, 5.41) is 3.55. The largest absolute Gasteiger partial charge is 0.308 e. The molecule has 20 heavy (non-hydrogen) atoms. The van der Waals surface area contributed by atoms with Crippen molar-refractivity contribution in [2.75, 3.05) is 33.2 Å². The monoisotopic (exact) mass is 275 g/mol. The third-order valence-corrected chi connectivity index (χ3v) is 3.82. The van der Waals surface area contributed by atoms with Crippen molar-refractivity contribution < 1.29 is 0 Å². The summed E-state index contributed by atoms with van der Waals surface area (Å²) in [5.41, 5.74) is 2.99. The zero-order valence-corrected chi connectivity index (χ0v) is 13.4. The summed E-state index contributed by atoms with van der Waals surface area (Å²) in [4.78, 5) is 4.95. The summed E-state index contributed by atoms with van der Waals surface area (Å²) in [6, 6.07) is 8.99. The highest BCUT2D eigenvalue weighted by Gasteiger charge is 2.14.